The molecule has 0 bridgehead atoms. The average molecular weight is 239 g/mol. The molecule has 2 rings (SSSR count). The predicted octanol–water partition coefficient (Wildman–Crippen LogP) is 0.572. The molecule has 1 aromatic carbocycles. The summed E-state index contributed by atoms with van der Waals surface area (Å²) in [4.78, 5) is 2.07. The van der Waals surface area contributed by atoms with E-state index < -0.39 is 10.0 Å². The first kappa shape index (κ1) is 11.1. The molecule has 0 spiro atoms. The molecule has 2 N–H and O–H groups in total. The lowest BCUT2D eigenvalue weighted by molar-refractivity contribution is 0.597. The predicted molar refractivity (Wildman–Crippen MR) is 63.1 cm³/mol. The van der Waals surface area contributed by atoms with Gasteiger partial charge < -0.3 is 10.6 Å². The molecule has 1 aromatic rings. The molecular formula is C10H13N3O2S. The molecule has 0 unspecified atom stereocenters. The zero-order chi connectivity index (χ0) is 11.6. The van der Waals surface area contributed by atoms with Crippen LogP contribution in [-0.2, 0) is 10.0 Å². The molecule has 6 heteroatoms. The van der Waals surface area contributed by atoms with Crippen LogP contribution in [0.15, 0.2) is 33.6 Å². The van der Waals surface area contributed by atoms with E-state index in [0.29, 0.717) is 18.8 Å². The van der Waals surface area contributed by atoms with Crippen LogP contribution in [0.25, 0.3) is 0 Å². The Hall–Kier alpha value is -1.40. The summed E-state index contributed by atoms with van der Waals surface area (Å²) >= 11 is 0. The van der Waals surface area contributed by atoms with E-state index in [9.17, 15) is 8.42 Å². The molecule has 0 saturated carbocycles. The Morgan fingerprint density at radius 1 is 1.31 bits per heavy atom. The van der Waals surface area contributed by atoms with Crippen LogP contribution in [-0.4, -0.2) is 27.8 Å². The molecule has 0 aromatic heterocycles. The quantitative estimate of drug-likeness (QED) is 0.836. The van der Waals surface area contributed by atoms with Crippen molar-refractivity contribution in [3.05, 3.63) is 24.3 Å². The van der Waals surface area contributed by atoms with Crippen LogP contribution in [0.2, 0.25) is 0 Å². The van der Waals surface area contributed by atoms with Gasteiger partial charge in [-0.3, -0.25) is 0 Å². The molecule has 86 valence electrons. The number of anilines is 1. The fourth-order valence-corrected chi connectivity index (χ4v) is 2.64. The van der Waals surface area contributed by atoms with E-state index in [2.05, 4.69) is 4.40 Å². The van der Waals surface area contributed by atoms with E-state index in [1.54, 1.807) is 18.2 Å². The van der Waals surface area contributed by atoms with Gasteiger partial charge in [-0.15, -0.1) is 4.40 Å². The number of rotatable bonds is 3. The summed E-state index contributed by atoms with van der Waals surface area (Å²) in [5.41, 5.74) is 6.10. The number of fused-ring (bicyclic) bond motifs is 1. The van der Waals surface area contributed by atoms with Crippen LogP contribution in [0.3, 0.4) is 0 Å². The highest BCUT2D eigenvalue weighted by Crippen LogP contribution is 2.28. The molecule has 0 saturated heterocycles. The van der Waals surface area contributed by atoms with Gasteiger partial charge in [-0.25, -0.2) is 0 Å². The summed E-state index contributed by atoms with van der Waals surface area (Å²) in [6.07, 6.45) is 2.15. The second-order valence-electron chi connectivity index (χ2n) is 3.50. The van der Waals surface area contributed by atoms with E-state index in [4.69, 9.17) is 5.73 Å². The van der Waals surface area contributed by atoms with Crippen molar-refractivity contribution in [1.29, 1.82) is 0 Å². The van der Waals surface area contributed by atoms with Crippen molar-refractivity contribution in [2.24, 2.45) is 10.1 Å². The lowest BCUT2D eigenvalue weighted by atomic mass is 10.3. The first-order valence-corrected chi connectivity index (χ1v) is 6.45. The third kappa shape index (κ3) is 1.94. The Labute approximate surface area is 94.6 Å². The summed E-state index contributed by atoms with van der Waals surface area (Å²) < 4.78 is 26.9. The number of para-hydroxylation sites is 1. The zero-order valence-corrected chi connectivity index (χ0v) is 9.52. The zero-order valence-electron chi connectivity index (χ0n) is 8.70. The van der Waals surface area contributed by atoms with Gasteiger partial charge >= 0.3 is 0 Å². The number of hydrogen-bond donors (Lipinski definition) is 1. The largest absolute Gasteiger partial charge is 0.330 e. The van der Waals surface area contributed by atoms with Gasteiger partial charge in [0, 0.05) is 6.54 Å². The Kier molecular flexibility index (Phi) is 2.93. The minimum Gasteiger partial charge on any atom is -0.330 e. The molecule has 1 aliphatic heterocycles. The lowest BCUT2D eigenvalue weighted by Crippen LogP contribution is -2.29. The van der Waals surface area contributed by atoms with Gasteiger partial charge in [-0.1, -0.05) is 12.1 Å². The molecule has 1 aliphatic rings. The summed E-state index contributed by atoms with van der Waals surface area (Å²) in [5, 5.41) is 0. The maximum absolute atomic E-state index is 11.6. The van der Waals surface area contributed by atoms with Crippen molar-refractivity contribution in [3.8, 4) is 0 Å². The first-order chi connectivity index (χ1) is 7.65. The van der Waals surface area contributed by atoms with Gasteiger partial charge in [0.15, 0.2) is 0 Å². The Morgan fingerprint density at radius 3 is 2.81 bits per heavy atom. The SMILES string of the molecule is NCCCN1C=NS(=O)(=O)c2ccccc21. The third-order valence-electron chi connectivity index (χ3n) is 2.38. The highest BCUT2D eigenvalue weighted by molar-refractivity contribution is 7.90. The second-order valence-corrected chi connectivity index (χ2v) is 5.10. The van der Waals surface area contributed by atoms with Crippen LogP contribution in [0, 0.1) is 0 Å². The third-order valence-corrected chi connectivity index (χ3v) is 3.65. The van der Waals surface area contributed by atoms with Crippen molar-refractivity contribution < 1.29 is 8.42 Å². The molecule has 1 heterocycles. The fraction of sp³-hybridized carbons (Fsp3) is 0.300. The fourth-order valence-electron chi connectivity index (χ4n) is 1.59. The minimum absolute atomic E-state index is 0.259. The summed E-state index contributed by atoms with van der Waals surface area (Å²) in [7, 11) is -3.50. The van der Waals surface area contributed by atoms with E-state index in [1.807, 2.05) is 11.0 Å². The molecule has 0 atom stereocenters. The van der Waals surface area contributed by atoms with Gasteiger partial charge in [0.25, 0.3) is 10.0 Å². The normalized spacial score (nSPS) is 17.2. The maximum atomic E-state index is 11.6. The Balaban J connectivity index is 2.41. The van der Waals surface area contributed by atoms with Crippen molar-refractivity contribution in [3.63, 3.8) is 0 Å². The van der Waals surface area contributed by atoms with Gasteiger partial charge in [-0.05, 0) is 25.1 Å². The van der Waals surface area contributed by atoms with E-state index >= 15 is 0 Å². The average Bonchev–Trinajstić information content (AvgIpc) is 2.29. The number of sulfonamides is 1. The second kappa shape index (κ2) is 4.23. The van der Waals surface area contributed by atoms with E-state index in [0.717, 1.165) is 6.42 Å². The van der Waals surface area contributed by atoms with E-state index in [1.165, 1.54) is 6.34 Å². The van der Waals surface area contributed by atoms with Crippen molar-refractivity contribution >= 4 is 22.0 Å². The minimum atomic E-state index is -3.50. The maximum Gasteiger partial charge on any atom is 0.285 e. The summed E-state index contributed by atoms with van der Waals surface area (Å²) in [6, 6.07) is 6.84. The van der Waals surface area contributed by atoms with E-state index in [-0.39, 0.29) is 4.90 Å². The van der Waals surface area contributed by atoms with Crippen molar-refractivity contribution in [2.45, 2.75) is 11.3 Å². The molecular weight excluding hydrogens is 226 g/mol. The summed E-state index contributed by atoms with van der Waals surface area (Å²) in [6.45, 7) is 1.24. The van der Waals surface area contributed by atoms with Crippen LogP contribution < -0.4 is 10.6 Å². The number of nitrogens with two attached hydrogens (primary N) is 1. The topological polar surface area (TPSA) is 75.8 Å². The van der Waals surface area contributed by atoms with Crippen LogP contribution in [0.5, 0.6) is 0 Å². The van der Waals surface area contributed by atoms with Crippen LogP contribution >= 0.6 is 0 Å². The smallest absolute Gasteiger partial charge is 0.285 e. The Morgan fingerprint density at radius 2 is 2.06 bits per heavy atom. The Bertz CT molecular complexity index is 511. The van der Waals surface area contributed by atoms with Crippen LogP contribution in [0.4, 0.5) is 5.69 Å². The van der Waals surface area contributed by atoms with Gasteiger partial charge in [-0.2, -0.15) is 8.42 Å². The van der Waals surface area contributed by atoms with Crippen LogP contribution in [0.1, 0.15) is 6.42 Å². The molecule has 0 fully saturated rings. The van der Waals surface area contributed by atoms with Crippen molar-refractivity contribution in [1.82, 2.24) is 0 Å². The molecule has 0 aliphatic carbocycles. The summed E-state index contributed by atoms with van der Waals surface area (Å²) in [5.74, 6) is 0. The van der Waals surface area contributed by atoms with Crippen molar-refractivity contribution in [2.75, 3.05) is 18.0 Å². The highest BCUT2D eigenvalue weighted by Gasteiger charge is 2.24. The standard InChI is InChI=1S/C10H13N3O2S/c11-6-3-7-13-8-12-16(14,15)10-5-2-1-4-9(10)13/h1-2,4-5,8H,3,6-7,11H2. The molecule has 0 amide bonds. The molecule has 5 nitrogen and oxygen atoms in total. The molecule has 16 heavy (non-hydrogen) atoms. The first-order valence-electron chi connectivity index (χ1n) is 5.01. The number of hydrogen-bond acceptors (Lipinski definition) is 4. The molecule has 0 radical (unpaired) electrons. The van der Waals surface area contributed by atoms with Gasteiger partial charge in [0.2, 0.25) is 0 Å². The highest BCUT2D eigenvalue weighted by atomic mass is 32.2. The number of benzene rings is 1. The number of nitrogens with zero attached hydrogens (tertiary/aromatic N) is 2. The lowest BCUT2D eigenvalue weighted by Gasteiger charge is -2.24. The van der Waals surface area contributed by atoms with Gasteiger partial charge in [0.05, 0.1) is 5.69 Å². The van der Waals surface area contributed by atoms with Gasteiger partial charge in [0.1, 0.15) is 11.2 Å². The monoisotopic (exact) mass is 239 g/mol.